The van der Waals surface area contributed by atoms with Crippen molar-refractivity contribution in [1.82, 2.24) is 15.0 Å². The van der Waals surface area contributed by atoms with E-state index in [-0.39, 0.29) is 12.5 Å². The van der Waals surface area contributed by atoms with Crippen molar-refractivity contribution in [2.45, 2.75) is 26.0 Å². The van der Waals surface area contributed by atoms with Crippen molar-refractivity contribution >= 4 is 37.5 Å². The minimum Gasteiger partial charge on any atom is -0.481 e. The molecule has 0 aliphatic heterocycles. The third-order valence-corrected chi connectivity index (χ3v) is 6.62. The van der Waals surface area contributed by atoms with Crippen LogP contribution in [-0.4, -0.2) is 55.8 Å². The van der Waals surface area contributed by atoms with Gasteiger partial charge in [-0.25, -0.2) is 8.42 Å². The highest BCUT2D eigenvalue weighted by Gasteiger charge is 2.24. The van der Waals surface area contributed by atoms with Crippen molar-refractivity contribution in [3.05, 3.63) is 58.9 Å². The number of halogens is 1. The first kappa shape index (κ1) is 24.7. The number of likely N-dealkylation sites (N-methyl/N-ethyl adjacent to an activating group) is 1. The van der Waals surface area contributed by atoms with E-state index in [2.05, 4.69) is 26.1 Å². The first-order valence-corrected chi connectivity index (χ1v) is 12.8. The Labute approximate surface area is 201 Å². The Balaban J connectivity index is 1.64. The molecule has 0 radical (unpaired) electrons. The fourth-order valence-corrected chi connectivity index (χ4v) is 3.89. The average Bonchev–Trinajstić information content (AvgIpc) is 3.24. The maximum atomic E-state index is 12.9. The minimum atomic E-state index is -3.36. The maximum absolute atomic E-state index is 12.9. The van der Waals surface area contributed by atoms with Crippen LogP contribution in [0.3, 0.4) is 0 Å². The molecule has 0 saturated heterocycles. The van der Waals surface area contributed by atoms with Crippen molar-refractivity contribution in [2.75, 3.05) is 24.7 Å². The SMILES string of the molecule is CCC(Oc1ccc(N(C)S(C)(=O)=O)cc1)C(=O)N(C)Cc1nc(-c2cccc(Br)c2)no1. The molecule has 0 spiro atoms. The molecule has 1 aromatic heterocycles. The molecule has 1 unspecified atom stereocenters. The van der Waals surface area contributed by atoms with Gasteiger partial charge in [-0.1, -0.05) is 40.1 Å². The molecule has 3 aromatic rings. The Kier molecular flexibility index (Phi) is 7.75. The molecule has 0 bridgehead atoms. The van der Waals surface area contributed by atoms with Gasteiger partial charge in [0.05, 0.1) is 18.5 Å². The van der Waals surface area contributed by atoms with Gasteiger partial charge in [-0.3, -0.25) is 9.10 Å². The summed E-state index contributed by atoms with van der Waals surface area (Å²) in [5.74, 6) is 0.972. The van der Waals surface area contributed by atoms with E-state index in [0.717, 1.165) is 16.3 Å². The van der Waals surface area contributed by atoms with Gasteiger partial charge in [0, 0.05) is 24.1 Å². The number of carbonyl (C=O) groups is 1. The van der Waals surface area contributed by atoms with E-state index in [9.17, 15) is 13.2 Å². The number of aromatic nitrogens is 2. The van der Waals surface area contributed by atoms with E-state index in [1.165, 1.54) is 16.3 Å². The predicted molar refractivity (Wildman–Crippen MR) is 128 cm³/mol. The molecule has 0 aliphatic carbocycles. The summed E-state index contributed by atoms with van der Waals surface area (Å²) in [5, 5.41) is 3.99. The summed E-state index contributed by atoms with van der Waals surface area (Å²) in [6, 6.07) is 14.0. The zero-order chi connectivity index (χ0) is 24.2. The lowest BCUT2D eigenvalue weighted by Crippen LogP contribution is -2.39. The second kappa shape index (κ2) is 10.3. The number of hydrogen-bond acceptors (Lipinski definition) is 7. The summed E-state index contributed by atoms with van der Waals surface area (Å²) < 4.78 is 36.6. The summed E-state index contributed by atoms with van der Waals surface area (Å²) in [7, 11) is -0.249. The number of ether oxygens (including phenoxy) is 1. The van der Waals surface area contributed by atoms with Gasteiger partial charge in [0.25, 0.3) is 5.91 Å². The van der Waals surface area contributed by atoms with Gasteiger partial charge in [-0.05, 0) is 42.8 Å². The number of anilines is 1. The molecule has 3 rings (SSSR count). The molecule has 1 heterocycles. The molecule has 0 fully saturated rings. The summed E-state index contributed by atoms with van der Waals surface area (Å²) in [4.78, 5) is 18.8. The van der Waals surface area contributed by atoms with Gasteiger partial charge < -0.3 is 14.2 Å². The molecule has 1 atom stereocenters. The molecule has 1 amide bonds. The molecule has 176 valence electrons. The summed E-state index contributed by atoms with van der Waals surface area (Å²) in [5.41, 5.74) is 1.30. The second-order valence-electron chi connectivity index (χ2n) is 7.46. The molecule has 0 aliphatic rings. The number of sulfonamides is 1. The number of amides is 1. The van der Waals surface area contributed by atoms with Gasteiger partial charge >= 0.3 is 0 Å². The van der Waals surface area contributed by atoms with E-state index in [4.69, 9.17) is 9.26 Å². The maximum Gasteiger partial charge on any atom is 0.263 e. The van der Waals surface area contributed by atoms with E-state index >= 15 is 0 Å². The summed E-state index contributed by atoms with van der Waals surface area (Å²) in [6.07, 6.45) is 0.854. The number of benzene rings is 2. The van der Waals surface area contributed by atoms with Crippen molar-refractivity contribution in [3.8, 4) is 17.1 Å². The van der Waals surface area contributed by atoms with Crippen molar-refractivity contribution in [2.24, 2.45) is 0 Å². The topological polar surface area (TPSA) is 106 Å². The van der Waals surface area contributed by atoms with Gasteiger partial charge in [-0.15, -0.1) is 0 Å². The highest BCUT2D eigenvalue weighted by molar-refractivity contribution is 9.10. The number of rotatable bonds is 9. The Bertz CT molecular complexity index is 1210. The Morgan fingerprint density at radius 1 is 1.18 bits per heavy atom. The smallest absolute Gasteiger partial charge is 0.263 e. The van der Waals surface area contributed by atoms with Crippen LogP contribution in [0.4, 0.5) is 5.69 Å². The summed E-state index contributed by atoms with van der Waals surface area (Å²) >= 11 is 3.41. The van der Waals surface area contributed by atoms with Crippen LogP contribution in [0.1, 0.15) is 19.2 Å². The second-order valence-corrected chi connectivity index (χ2v) is 10.4. The zero-order valence-corrected chi connectivity index (χ0v) is 21.1. The fourth-order valence-electron chi connectivity index (χ4n) is 2.99. The van der Waals surface area contributed by atoms with E-state index < -0.39 is 16.1 Å². The lowest BCUT2D eigenvalue weighted by atomic mass is 10.2. The number of nitrogens with zero attached hydrogens (tertiary/aromatic N) is 4. The molecule has 9 nitrogen and oxygen atoms in total. The Morgan fingerprint density at radius 3 is 2.48 bits per heavy atom. The lowest BCUT2D eigenvalue weighted by molar-refractivity contribution is -0.138. The average molecular weight is 537 g/mol. The van der Waals surface area contributed by atoms with Crippen LogP contribution >= 0.6 is 15.9 Å². The normalized spacial score (nSPS) is 12.3. The summed E-state index contributed by atoms with van der Waals surface area (Å²) in [6.45, 7) is 1.98. The van der Waals surface area contributed by atoms with Crippen LogP contribution in [0.15, 0.2) is 57.5 Å². The Hall–Kier alpha value is -2.92. The van der Waals surface area contributed by atoms with E-state index in [1.54, 1.807) is 31.3 Å². The van der Waals surface area contributed by atoms with Crippen LogP contribution in [-0.2, 0) is 21.4 Å². The third kappa shape index (κ3) is 6.32. The monoisotopic (exact) mass is 536 g/mol. The molecular formula is C22H25BrN4O5S. The van der Waals surface area contributed by atoms with Crippen molar-refractivity contribution in [1.29, 1.82) is 0 Å². The van der Waals surface area contributed by atoms with Gasteiger partial charge in [0.2, 0.25) is 21.7 Å². The Morgan fingerprint density at radius 2 is 1.88 bits per heavy atom. The molecule has 0 N–H and O–H groups in total. The minimum absolute atomic E-state index is 0.137. The van der Waals surface area contributed by atoms with Crippen LogP contribution in [0.25, 0.3) is 11.4 Å². The quantitative estimate of drug-likeness (QED) is 0.410. The molecule has 0 saturated carbocycles. The van der Waals surface area contributed by atoms with E-state index in [1.807, 2.05) is 31.2 Å². The lowest BCUT2D eigenvalue weighted by Gasteiger charge is -2.23. The van der Waals surface area contributed by atoms with Gasteiger partial charge in [0.1, 0.15) is 5.75 Å². The largest absolute Gasteiger partial charge is 0.481 e. The third-order valence-electron chi connectivity index (χ3n) is 4.92. The van der Waals surface area contributed by atoms with Crippen LogP contribution in [0.2, 0.25) is 0 Å². The molecule has 11 heteroatoms. The van der Waals surface area contributed by atoms with Crippen LogP contribution in [0.5, 0.6) is 5.75 Å². The highest BCUT2D eigenvalue weighted by Crippen LogP contribution is 2.23. The zero-order valence-electron chi connectivity index (χ0n) is 18.7. The van der Waals surface area contributed by atoms with E-state index in [0.29, 0.717) is 29.6 Å². The first-order valence-electron chi connectivity index (χ1n) is 10.1. The van der Waals surface area contributed by atoms with Gasteiger partial charge in [0.15, 0.2) is 6.10 Å². The highest BCUT2D eigenvalue weighted by atomic mass is 79.9. The number of hydrogen-bond donors (Lipinski definition) is 0. The first-order chi connectivity index (χ1) is 15.6. The number of carbonyl (C=O) groups excluding carboxylic acids is 1. The fraction of sp³-hybridized carbons (Fsp3) is 0.318. The predicted octanol–water partition coefficient (Wildman–Crippen LogP) is 3.71. The molecular weight excluding hydrogens is 512 g/mol. The standard InChI is InChI=1S/C22H25BrN4O5S/c1-5-19(31-18-11-9-17(10-12-18)27(3)33(4,29)30)22(28)26(2)14-20-24-21(25-32-20)15-7-6-8-16(23)13-15/h6-13,19H,5,14H2,1-4H3. The van der Waals surface area contributed by atoms with Crippen molar-refractivity contribution < 1.29 is 22.5 Å². The van der Waals surface area contributed by atoms with Gasteiger partial charge in [-0.2, -0.15) is 4.98 Å². The van der Waals surface area contributed by atoms with Crippen LogP contribution in [0, 0.1) is 0 Å². The molecule has 2 aromatic carbocycles. The van der Waals surface area contributed by atoms with Crippen molar-refractivity contribution in [3.63, 3.8) is 0 Å². The molecule has 33 heavy (non-hydrogen) atoms. The van der Waals surface area contributed by atoms with Crippen LogP contribution < -0.4 is 9.04 Å².